The molecule has 0 aromatic carbocycles. The van der Waals surface area contributed by atoms with Gasteiger partial charge in [-0.2, -0.15) is 0 Å². The molecule has 1 N–H and O–H groups in total. The Labute approximate surface area is 386 Å². The van der Waals surface area contributed by atoms with Crippen molar-refractivity contribution in [1.82, 2.24) is 0 Å². The first kappa shape index (κ1) is 59.7. The van der Waals surface area contributed by atoms with E-state index in [0.29, 0.717) is 17.4 Å². The smallest absolute Gasteiger partial charge is 0.361 e. The number of hydrogen-bond acceptors (Lipinski definition) is 7. The highest BCUT2D eigenvalue weighted by molar-refractivity contribution is 5.71. The van der Waals surface area contributed by atoms with Crippen molar-refractivity contribution in [3.63, 3.8) is 0 Å². The molecule has 9 nitrogen and oxygen atoms in total. The molecule has 0 aliphatic carbocycles. The molecule has 0 rings (SSSR count). The number of unbranched alkanes of at least 4 members (excludes halogenated alkanes) is 18. The van der Waals surface area contributed by atoms with E-state index in [1.165, 1.54) is 64.2 Å². The van der Waals surface area contributed by atoms with E-state index in [9.17, 15) is 19.5 Å². The molecule has 0 aliphatic rings. The minimum Gasteiger partial charge on any atom is -0.477 e. The Morgan fingerprint density at radius 2 is 0.905 bits per heavy atom. The molecule has 362 valence electrons. The Morgan fingerprint density at radius 3 is 1.37 bits per heavy atom. The van der Waals surface area contributed by atoms with Crippen molar-refractivity contribution in [2.75, 3.05) is 47.5 Å². The van der Waals surface area contributed by atoms with Gasteiger partial charge in [0.1, 0.15) is 13.2 Å². The van der Waals surface area contributed by atoms with Gasteiger partial charge in [-0.15, -0.1) is 0 Å². The second-order valence-corrected chi connectivity index (χ2v) is 17.7. The fourth-order valence-electron chi connectivity index (χ4n) is 6.55. The van der Waals surface area contributed by atoms with Crippen molar-refractivity contribution in [3.05, 3.63) is 72.9 Å². The third kappa shape index (κ3) is 46.5. The lowest BCUT2D eigenvalue weighted by Crippen LogP contribution is -2.40. The summed E-state index contributed by atoms with van der Waals surface area (Å²) < 4.78 is 22.7. The fraction of sp³-hybridized carbons (Fsp3) is 0.722. The molecule has 0 heterocycles. The third-order valence-electron chi connectivity index (χ3n) is 10.4. The van der Waals surface area contributed by atoms with E-state index >= 15 is 0 Å². The summed E-state index contributed by atoms with van der Waals surface area (Å²) >= 11 is 0. The number of nitrogens with zero attached hydrogens (tertiary/aromatic N) is 1. The van der Waals surface area contributed by atoms with Gasteiger partial charge in [-0.25, -0.2) is 4.79 Å². The molecule has 0 aromatic heterocycles. The SMILES string of the molecule is CC/C=C\C/C=C\C/C=C\C/C=C\C/C=C\CCCCCCCCCCCCCC(=O)OC(COC(=O)CCCCCCC/C=C\CCCC)COC(OCC[N+](C)(C)C)C(=O)O. The van der Waals surface area contributed by atoms with Gasteiger partial charge in [0, 0.05) is 12.8 Å². The quantitative estimate of drug-likeness (QED) is 0.0212. The Morgan fingerprint density at radius 1 is 0.492 bits per heavy atom. The highest BCUT2D eigenvalue weighted by Gasteiger charge is 2.25. The van der Waals surface area contributed by atoms with Gasteiger partial charge in [-0.1, -0.05) is 177 Å². The number of aliphatic carboxylic acids is 1. The van der Waals surface area contributed by atoms with Crippen LogP contribution in [0.4, 0.5) is 0 Å². The van der Waals surface area contributed by atoms with E-state index in [4.69, 9.17) is 18.9 Å². The van der Waals surface area contributed by atoms with E-state index in [1.54, 1.807) is 0 Å². The average molecular weight is 885 g/mol. The standard InChI is InChI=1S/C54H93NO8/c1-6-8-10-12-14-16-18-19-20-21-22-23-24-25-26-27-28-29-30-31-32-33-35-37-39-41-43-45-52(57)63-50(49-62-54(53(58)59)60-47-46-55(3,4)5)48-61-51(56)44-42-40-38-36-34-17-15-13-11-9-7-2/h8,10,13-16,19-20,22-23,25-26,50,54H,6-7,9,11-12,17-18,21,24,27-49H2,1-5H3/p+1/b10-8-,15-13-,16-14-,20-19-,23-22-,26-25-. The number of rotatable bonds is 45. The van der Waals surface area contributed by atoms with Crippen LogP contribution in [0.25, 0.3) is 0 Å². The average Bonchev–Trinajstić information content (AvgIpc) is 3.24. The molecule has 0 bridgehead atoms. The Bertz CT molecular complexity index is 1260. The van der Waals surface area contributed by atoms with Crippen LogP contribution in [0, 0.1) is 0 Å². The molecule has 2 atom stereocenters. The Hall–Kier alpha value is -3.27. The van der Waals surface area contributed by atoms with Crippen LogP contribution in [0.5, 0.6) is 0 Å². The summed E-state index contributed by atoms with van der Waals surface area (Å²) in [5, 5.41) is 9.65. The summed E-state index contributed by atoms with van der Waals surface area (Å²) in [6.07, 6.45) is 54.0. The number of carbonyl (C=O) groups excluding carboxylic acids is 2. The lowest BCUT2D eigenvalue weighted by molar-refractivity contribution is -0.870. The summed E-state index contributed by atoms with van der Waals surface area (Å²) in [5.74, 6) is -2.03. The van der Waals surface area contributed by atoms with Crippen molar-refractivity contribution in [2.45, 2.75) is 206 Å². The first-order valence-electron chi connectivity index (χ1n) is 25.1. The number of hydrogen-bond donors (Lipinski definition) is 1. The number of esters is 2. The summed E-state index contributed by atoms with van der Waals surface area (Å²) in [7, 11) is 5.95. The van der Waals surface area contributed by atoms with E-state index in [2.05, 4.69) is 86.8 Å². The maximum Gasteiger partial charge on any atom is 0.361 e. The van der Waals surface area contributed by atoms with Crippen LogP contribution in [0.15, 0.2) is 72.9 Å². The summed E-state index contributed by atoms with van der Waals surface area (Å²) in [6, 6.07) is 0. The second kappa shape index (κ2) is 45.3. The molecule has 0 fully saturated rings. The molecule has 0 saturated heterocycles. The van der Waals surface area contributed by atoms with Crippen LogP contribution in [0.3, 0.4) is 0 Å². The normalized spacial score (nSPS) is 13.5. The number of ether oxygens (including phenoxy) is 4. The van der Waals surface area contributed by atoms with E-state index in [1.807, 2.05) is 21.1 Å². The Balaban J connectivity index is 4.26. The molecular formula is C54H94NO8+. The van der Waals surface area contributed by atoms with Gasteiger partial charge in [0.05, 0.1) is 34.4 Å². The molecule has 0 radical (unpaired) electrons. The molecule has 0 spiro atoms. The molecule has 0 saturated carbocycles. The highest BCUT2D eigenvalue weighted by atomic mass is 16.7. The van der Waals surface area contributed by atoms with Crippen LogP contribution in [-0.2, 0) is 33.3 Å². The van der Waals surface area contributed by atoms with Gasteiger partial charge < -0.3 is 28.5 Å². The zero-order valence-corrected chi connectivity index (χ0v) is 41.0. The maximum atomic E-state index is 12.8. The molecule has 0 aromatic rings. The van der Waals surface area contributed by atoms with Crippen molar-refractivity contribution < 1.29 is 42.9 Å². The lowest BCUT2D eigenvalue weighted by atomic mass is 10.0. The minimum atomic E-state index is -1.51. The summed E-state index contributed by atoms with van der Waals surface area (Å²) in [5.41, 5.74) is 0. The van der Waals surface area contributed by atoms with Crippen LogP contribution >= 0.6 is 0 Å². The topological polar surface area (TPSA) is 108 Å². The van der Waals surface area contributed by atoms with Crippen LogP contribution in [-0.4, -0.2) is 87.4 Å². The van der Waals surface area contributed by atoms with Gasteiger partial charge in [-0.3, -0.25) is 9.59 Å². The number of carbonyl (C=O) groups is 3. The largest absolute Gasteiger partial charge is 0.477 e. The number of carboxylic acids is 1. The maximum absolute atomic E-state index is 12.8. The van der Waals surface area contributed by atoms with E-state index in [-0.39, 0.29) is 38.6 Å². The molecule has 2 unspecified atom stereocenters. The first-order valence-corrected chi connectivity index (χ1v) is 25.1. The van der Waals surface area contributed by atoms with Gasteiger partial charge in [0.15, 0.2) is 6.10 Å². The molecule has 9 heteroatoms. The molecule has 0 aliphatic heterocycles. The third-order valence-corrected chi connectivity index (χ3v) is 10.4. The van der Waals surface area contributed by atoms with Gasteiger partial charge >= 0.3 is 17.9 Å². The summed E-state index contributed by atoms with van der Waals surface area (Å²) in [4.78, 5) is 37.2. The minimum absolute atomic E-state index is 0.183. The van der Waals surface area contributed by atoms with Crippen LogP contribution < -0.4 is 0 Å². The Kier molecular flexibility index (Phi) is 43.0. The predicted molar refractivity (Wildman–Crippen MR) is 263 cm³/mol. The first-order chi connectivity index (χ1) is 30.6. The highest BCUT2D eigenvalue weighted by Crippen LogP contribution is 2.14. The van der Waals surface area contributed by atoms with Crippen LogP contribution in [0.1, 0.15) is 194 Å². The monoisotopic (exact) mass is 885 g/mol. The second-order valence-electron chi connectivity index (χ2n) is 17.7. The van der Waals surface area contributed by atoms with Gasteiger partial charge in [-0.05, 0) is 77.0 Å². The summed E-state index contributed by atoms with van der Waals surface area (Å²) in [6.45, 7) is 4.69. The molecular weight excluding hydrogens is 791 g/mol. The van der Waals surface area contributed by atoms with Crippen molar-refractivity contribution in [1.29, 1.82) is 0 Å². The van der Waals surface area contributed by atoms with E-state index < -0.39 is 24.3 Å². The van der Waals surface area contributed by atoms with E-state index in [0.717, 1.165) is 96.3 Å². The lowest BCUT2D eigenvalue weighted by Gasteiger charge is -2.25. The number of quaternary nitrogens is 1. The van der Waals surface area contributed by atoms with Gasteiger partial charge in [0.25, 0.3) is 6.29 Å². The number of allylic oxidation sites excluding steroid dienone is 12. The zero-order chi connectivity index (χ0) is 46.3. The van der Waals surface area contributed by atoms with Crippen molar-refractivity contribution >= 4 is 17.9 Å². The number of carboxylic acid groups (broad SMARTS) is 1. The predicted octanol–water partition coefficient (Wildman–Crippen LogP) is 13.9. The van der Waals surface area contributed by atoms with Crippen LogP contribution in [0.2, 0.25) is 0 Å². The number of likely N-dealkylation sites (N-methyl/N-ethyl adjacent to an activating group) is 1. The molecule has 0 amide bonds. The molecule has 63 heavy (non-hydrogen) atoms. The van der Waals surface area contributed by atoms with Gasteiger partial charge in [0.2, 0.25) is 0 Å². The van der Waals surface area contributed by atoms with Crippen molar-refractivity contribution in [3.8, 4) is 0 Å². The zero-order valence-electron chi connectivity index (χ0n) is 41.0. The fourth-order valence-corrected chi connectivity index (χ4v) is 6.55. The van der Waals surface area contributed by atoms with Crippen molar-refractivity contribution in [2.24, 2.45) is 0 Å².